The van der Waals surface area contributed by atoms with E-state index < -0.39 is 0 Å². The molecule has 1 aromatic carbocycles. The molecule has 1 unspecified atom stereocenters. The van der Waals surface area contributed by atoms with Crippen LogP contribution in [0.2, 0.25) is 0 Å². The number of methoxy groups -OCH3 is 1. The first-order valence-corrected chi connectivity index (χ1v) is 6.80. The first kappa shape index (κ1) is 13.6. The van der Waals surface area contributed by atoms with Crippen molar-refractivity contribution >= 4 is 0 Å². The summed E-state index contributed by atoms with van der Waals surface area (Å²) in [4.78, 5) is 0. The maximum Gasteiger partial charge on any atom is 0.0662 e. The van der Waals surface area contributed by atoms with Gasteiger partial charge < -0.3 is 10.5 Å². The second-order valence-electron chi connectivity index (χ2n) is 6.28. The molecule has 2 heteroatoms. The van der Waals surface area contributed by atoms with Crippen LogP contribution in [0.15, 0.2) is 24.3 Å². The zero-order chi connectivity index (χ0) is 13.4. The second-order valence-corrected chi connectivity index (χ2v) is 6.28. The van der Waals surface area contributed by atoms with Crippen LogP contribution in [0, 0.1) is 0 Å². The Hall–Kier alpha value is -0.860. The van der Waals surface area contributed by atoms with Crippen LogP contribution in [0.3, 0.4) is 0 Å². The first-order valence-electron chi connectivity index (χ1n) is 6.80. The van der Waals surface area contributed by atoms with Crippen molar-refractivity contribution in [2.24, 2.45) is 5.73 Å². The maximum atomic E-state index is 6.11. The lowest BCUT2D eigenvalue weighted by Crippen LogP contribution is -2.31. The molecule has 1 aliphatic carbocycles. The molecule has 0 radical (unpaired) electrons. The van der Waals surface area contributed by atoms with Crippen molar-refractivity contribution in [1.82, 2.24) is 0 Å². The van der Waals surface area contributed by atoms with Crippen LogP contribution >= 0.6 is 0 Å². The summed E-state index contributed by atoms with van der Waals surface area (Å²) in [6.45, 7) is 6.35. The first-order chi connectivity index (χ1) is 8.39. The van der Waals surface area contributed by atoms with Crippen molar-refractivity contribution in [1.29, 1.82) is 0 Å². The summed E-state index contributed by atoms with van der Waals surface area (Å²) in [6.07, 6.45) is 3.40. The summed E-state index contributed by atoms with van der Waals surface area (Å²) < 4.78 is 5.47. The molecule has 0 bridgehead atoms. The highest BCUT2D eigenvalue weighted by Gasteiger charge is 2.47. The number of nitrogens with two attached hydrogens (primary N) is 1. The molecule has 100 valence electrons. The molecule has 2 nitrogen and oxygen atoms in total. The molecule has 0 heterocycles. The molecule has 2 rings (SSSR count). The number of hydrogen-bond donors (Lipinski definition) is 1. The molecule has 0 spiro atoms. The normalized spacial score (nSPS) is 19.6. The van der Waals surface area contributed by atoms with Crippen LogP contribution in [0.5, 0.6) is 0 Å². The summed E-state index contributed by atoms with van der Waals surface area (Å²) in [7, 11) is 1.77. The monoisotopic (exact) mass is 247 g/mol. The van der Waals surface area contributed by atoms with Crippen LogP contribution in [-0.2, 0) is 16.6 Å². The molecule has 1 fully saturated rings. The van der Waals surface area contributed by atoms with E-state index in [4.69, 9.17) is 10.5 Å². The van der Waals surface area contributed by atoms with E-state index in [0.717, 1.165) is 6.42 Å². The zero-order valence-electron chi connectivity index (χ0n) is 12.0. The Morgan fingerprint density at radius 1 is 1.28 bits per heavy atom. The minimum absolute atomic E-state index is 0.0973. The van der Waals surface area contributed by atoms with E-state index in [0.29, 0.717) is 0 Å². The molecule has 1 atom stereocenters. The molecule has 0 aliphatic heterocycles. The molecular weight excluding hydrogens is 222 g/mol. The van der Waals surface area contributed by atoms with Crippen molar-refractivity contribution in [3.63, 3.8) is 0 Å². The maximum absolute atomic E-state index is 6.11. The van der Waals surface area contributed by atoms with Gasteiger partial charge in [0.2, 0.25) is 0 Å². The number of benzene rings is 1. The summed E-state index contributed by atoms with van der Waals surface area (Å²) in [6, 6.07) is 9.19. The standard InChI is InChI=1S/C16H25NO/c1-12(17)16(9-10-16)14-7-5-13(6-8-14)11-15(2,3)18-4/h5-8,12H,9-11,17H2,1-4H3. The molecule has 0 aromatic heterocycles. The van der Waals surface area contributed by atoms with Gasteiger partial charge in [0.05, 0.1) is 5.60 Å². The molecule has 0 saturated heterocycles. The van der Waals surface area contributed by atoms with E-state index in [1.807, 2.05) is 0 Å². The van der Waals surface area contributed by atoms with E-state index in [2.05, 4.69) is 45.0 Å². The van der Waals surface area contributed by atoms with E-state index >= 15 is 0 Å². The van der Waals surface area contributed by atoms with Crippen LogP contribution in [0.1, 0.15) is 44.7 Å². The van der Waals surface area contributed by atoms with Gasteiger partial charge in [-0.1, -0.05) is 24.3 Å². The van der Waals surface area contributed by atoms with Crippen molar-refractivity contribution in [3.8, 4) is 0 Å². The number of rotatable bonds is 5. The Kier molecular flexibility index (Phi) is 3.52. The summed E-state index contributed by atoms with van der Waals surface area (Å²) >= 11 is 0. The third-order valence-electron chi connectivity index (χ3n) is 4.37. The molecule has 2 N–H and O–H groups in total. The Balaban J connectivity index is 2.12. The average Bonchev–Trinajstić information content (AvgIpc) is 3.11. The Labute approximate surface area is 111 Å². The van der Waals surface area contributed by atoms with E-state index in [9.17, 15) is 0 Å². The fraction of sp³-hybridized carbons (Fsp3) is 0.625. The van der Waals surface area contributed by atoms with Crippen molar-refractivity contribution < 1.29 is 4.74 Å². The van der Waals surface area contributed by atoms with Gasteiger partial charge in [-0.05, 0) is 44.7 Å². The lowest BCUT2D eigenvalue weighted by Gasteiger charge is -2.24. The smallest absolute Gasteiger partial charge is 0.0662 e. The van der Waals surface area contributed by atoms with Crippen LogP contribution in [-0.4, -0.2) is 18.8 Å². The molecule has 0 amide bonds. The fourth-order valence-electron chi connectivity index (χ4n) is 2.66. The van der Waals surface area contributed by atoms with Gasteiger partial charge in [-0.25, -0.2) is 0 Å². The van der Waals surface area contributed by atoms with E-state index in [-0.39, 0.29) is 17.1 Å². The van der Waals surface area contributed by atoms with Gasteiger partial charge >= 0.3 is 0 Å². The topological polar surface area (TPSA) is 35.2 Å². The van der Waals surface area contributed by atoms with Gasteiger partial charge in [-0.2, -0.15) is 0 Å². The van der Waals surface area contributed by atoms with Gasteiger partial charge in [0.1, 0.15) is 0 Å². The van der Waals surface area contributed by atoms with Crippen molar-refractivity contribution in [2.45, 2.75) is 57.1 Å². The van der Waals surface area contributed by atoms with Gasteiger partial charge in [0, 0.05) is 25.0 Å². The third kappa shape index (κ3) is 2.60. The zero-order valence-corrected chi connectivity index (χ0v) is 12.0. The predicted octanol–water partition coefficient (Wildman–Crippen LogP) is 3.03. The van der Waals surface area contributed by atoms with Crippen LogP contribution in [0.4, 0.5) is 0 Å². The largest absolute Gasteiger partial charge is 0.378 e. The minimum atomic E-state index is -0.0973. The molecule has 18 heavy (non-hydrogen) atoms. The lowest BCUT2D eigenvalue weighted by molar-refractivity contribution is 0.0232. The summed E-state index contributed by atoms with van der Waals surface area (Å²) in [5.74, 6) is 0. The third-order valence-corrected chi connectivity index (χ3v) is 4.37. The predicted molar refractivity (Wildman–Crippen MR) is 75.8 cm³/mol. The Morgan fingerprint density at radius 3 is 2.22 bits per heavy atom. The lowest BCUT2D eigenvalue weighted by atomic mass is 9.88. The van der Waals surface area contributed by atoms with Gasteiger partial charge in [0.15, 0.2) is 0 Å². The SMILES string of the molecule is COC(C)(C)Cc1ccc(C2(C(C)N)CC2)cc1. The molecule has 1 aromatic rings. The number of ether oxygens (including phenoxy) is 1. The quantitative estimate of drug-likeness (QED) is 0.868. The van der Waals surface area contributed by atoms with Crippen LogP contribution in [0.25, 0.3) is 0 Å². The van der Waals surface area contributed by atoms with Gasteiger partial charge in [0.25, 0.3) is 0 Å². The highest BCUT2D eigenvalue weighted by molar-refractivity contribution is 5.35. The fourth-order valence-corrected chi connectivity index (χ4v) is 2.66. The summed E-state index contributed by atoms with van der Waals surface area (Å²) in [5.41, 5.74) is 8.99. The Bertz CT molecular complexity index is 402. The summed E-state index contributed by atoms with van der Waals surface area (Å²) in [5, 5.41) is 0. The van der Waals surface area contributed by atoms with Crippen LogP contribution < -0.4 is 5.73 Å². The molecular formula is C16H25NO. The second kappa shape index (κ2) is 4.67. The minimum Gasteiger partial charge on any atom is -0.378 e. The average molecular weight is 247 g/mol. The van der Waals surface area contributed by atoms with Crippen molar-refractivity contribution in [3.05, 3.63) is 35.4 Å². The van der Waals surface area contributed by atoms with E-state index in [1.165, 1.54) is 24.0 Å². The highest BCUT2D eigenvalue weighted by Crippen LogP contribution is 2.50. The van der Waals surface area contributed by atoms with Gasteiger partial charge in [-0.3, -0.25) is 0 Å². The Morgan fingerprint density at radius 2 is 1.83 bits per heavy atom. The molecule has 1 saturated carbocycles. The van der Waals surface area contributed by atoms with E-state index in [1.54, 1.807) is 7.11 Å². The molecule has 1 aliphatic rings. The van der Waals surface area contributed by atoms with Crippen molar-refractivity contribution in [2.75, 3.05) is 7.11 Å². The van der Waals surface area contributed by atoms with Gasteiger partial charge in [-0.15, -0.1) is 0 Å². The highest BCUT2D eigenvalue weighted by atomic mass is 16.5. The number of hydrogen-bond acceptors (Lipinski definition) is 2.